The Morgan fingerprint density at radius 2 is 2.46 bits per heavy atom. The Balaban J connectivity index is 2.44. The molecule has 0 spiro atoms. The number of esters is 1. The minimum Gasteiger partial charge on any atom is -0.469 e. The van der Waals surface area contributed by atoms with Crippen molar-refractivity contribution in [3.8, 4) is 0 Å². The quantitative estimate of drug-likeness (QED) is 0.651. The summed E-state index contributed by atoms with van der Waals surface area (Å²) in [4.78, 5) is 11.0. The summed E-state index contributed by atoms with van der Waals surface area (Å²) in [5.74, 6) is -0.261. The smallest absolute Gasteiger partial charge is 0.307 e. The molecule has 1 aliphatic heterocycles. The molecule has 4 nitrogen and oxygen atoms in total. The van der Waals surface area contributed by atoms with Crippen molar-refractivity contribution in [2.75, 3.05) is 13.7 Å². The highest BCUT2D eigenvalue weighted by molar-refractivity contribution is 5.70. The van der Waals surface area contributed by atoms with Crippen molar-refractivity contribution in [3.05, 3.63) is 0 Å². The van der Waals surface area contributed by atoms with E-state index in [0.29, 0.717) is 6.61 Å². The molecule has 1 saturated heterocycles. The Morgan fingerprint density at radius 3 is 2.92 bits per heavy atom. The Labute approximate surface area is 78.4 Å². The second-order valence-electron chi connectivity index (χ2n) is 3.66. The van der Waals surface area contributed by atoms with Gasteiger partial charge in [0.05, 0.1) is 31.8 Å². The topological polar surface area (TPSA) is 61.6 Å². The standard InChI is InChI=1S/C9H17NO3/c1-3-7-4-9(10,6-13-7)5-8(11)12-2/h7H,3-6,10H2,1-2H3. The predicted molar refractivity (Wildman–Crippen MR) is 48.2 cm³/mol. The summed E-state index contributed by atoms with van der Waals surface area (Å²) in [5.41, 5.74) is 5.47. The second-order valence-corrected chi connectivity index (χ2v) is 3.66. The Hall–Kier alpha value is -0.610. The molecule has 0 bridgehead atoms. The van der Waals surface area contributed by atoms with Crippen LogP contribution in [0.1, 0.15) is 26.2 Å². The summed E-state index contributed by atoms with van der Waals surface area (Å²) in [6.07, 6.45) is 2.15. The Morgan fingerprint density at radius 1 is 1.77 bits per heavy atom. The van der Waals surface area contributed by atoms with Crippen molar-refractivity contribution in [3.63, 3.8) is 0 Å². The molecule has 0 aliphatic carbocycles. The number of ether oxygens (including phenoxy) is 2. The molecule has 0 amide bonds. The van der Waals surface area contributed by atoms with Gasteiger partial charge in [0, 0.05) is 0 Å². The van der Waals surface area contributed by atoms with Gasteiger partial charge in [0.2, 0.25) is 0 Å². The normalized spacial score (nSPS) is 33.3. The van der Waals surface area contributed by atoms with Crippen molar-refractivity contribution in [2.45, 2.75) is 37.8 Å². The number of rotatable bonds is 3. The minimum absolute atomic E-state index is 0.203. The lowest BCUT2D eigenvalue weighted by Gasteiger charge is -2.19. The van der Waals surface area contributed by atoms with Crippen LogP contribution in [0.2, 0.25) is 0 Å². The zero-order valence-corrected chi connectivity index (χ0v) is 8.21. The van der Waals surface area contributed by atoms with E-state index in [0.717, 1.165) is 12.8 Å². The van der Waals surface area contributed by atoms with Crippen molar-refractivity contribution < 1.29 is 14.3 Å². The molecular formula is C9H17NO3. The lowest BCUT2D eigenvalue weighted by molar-refractivity contribution is -0.142. The summed E-state index contributed by atoms with van der Waals surface area (Å²) in [6.45, 7) is 2.51. The van der Waals surface area contributed by atoms with Crippen molar-refractivity contribution in [1.82, 2.24) is 0 Å². The lowest BCUT2D eigenvalue weighted by atomic mass is 9.93. The number of hydrogen-bond donors (Lipinski definition) is 1. The van der Waals surface area contributed by atoms with E-state index in [9.17, 15) is 4.79 Å². The zero-order chi connectivity index (χ0) is 9.90. The molecule has 2 N–H and O–H groups in total. The van der Waals surface area contributed by atoms with E-state index in [4.69, 9.17) is 10.5 Å². The molecule has 0 aromatic rings. The van der Waals surface area contributed by atoms with E-state index >= 15 is 0 Å². The third-order valence-corrected chi connectivity index (χ3v) is 2.42. The molecular weight excluding hydrogens is 170 g/mol. The summed E-state index contributed by atoms with van der Waals surface area (Å²) >= 11 is 0. The second kappa shape index (κ2) is 4.07. The van der Waals surface area contributed by atoms with E-state index in [2.05, 4.69) is 11.7 Å². The van der Waals surface area contributed by atoms with Crippen LogP contribution in [0, 0.1) is 0 Å². The molecule has 2 atom stereocenters. The van der Waals surface area contributed by atoms with Gasteiger partial charge in [-0.05, 0) is 12.8 Å². The first kappa shape index (κ1) is 10.5. The van der Waals surface area contributed by atoms with E-state index in [-0.39, 0.29) is 18.5 Å². The first-order valence-corrected chi connectivity index (χ1v) is 4.57. The highest BCUT2D eigenvalue weighted by Gasteiger charge is 2.38. The number of methoxy groups -OCH3 is 1. The van der Waals surface area contributed by atoms with Gasteiger partial charge in [0.1, 0.15) is 0 Å². The van der Waals surface area contributed by atoms with Crippen LogP contribution in [-0.2, 0) is 14.3 Å². The van der Waals surface area contributed by atoms with Crippen LogP contribution in [0.15, 0.2) is 0 Å². The fourth-order valence-corrected chi connectivity index (χ4v) is 1.60. The third-order valence-electron chi connectivity index (χ3n) is 2.42. The number of hydrogen-bond acceptors (Lipinski definition) is 4. The molecule has 1 rings (SSSR count). The molecule has 1 aliphatic rings. The Kier molecular flexibility index (Phi) is 3.27. The molecule has 1 heterocycles. The maximum Gasteiger partial charge on any atom is 0.307 e. The predicted octanol–water partition coefficient (Wildman–Crippen LogP) is 0.446. The zero-order valence-electron chi connectivity index (χ0n) is 8.21. The minimum atomic E-state index is -0.506. The van der Waals surface area contributed by atoms with Crippen molar-refractivity contribution in [1.29, 1.82) is 0 Å². The van der Waals surface area contributed by atoms with Gasteiger partial charge in [-0.1, -0.05) is 6.92 Å². The molecule has 0 aromatic carbocycles. The molecule has 0 aromatic heterocycles. The van der Waals surface area contributed by atoms with Gasteiger partial charge >= 0.3 is 5.97 Å². The van der Waals surface area contributed by atoms with Crippen LogP contribution in [0.25, 0.3) is 0 Å². The van der Waals surface area contributed by atoms with Gasteiger partial charge in [-0.15, -0.1) is 0 Å². The van der Waals surface area contributed by atoms with Gasteiger partial charge in [-0.3, -0.25) is 4.79 Å². The van der Waals surface area contributed by atoms with E-state index in [1.807, 2.05) is 0 Å². The van der Waals surface area contributed by atoms with E-state index in [1.165, 1.54) is 7.11 Å². The summed E-state index contributed by atoms with van der Waals surface area (Å²) in [7, 11) is 1.37. The van der Waals surface area contributed by atoms with Gasteiger partial charge in [-0.2, -0.15) is 0 Å². The van der Waals surface area contributed by atoms with Crippen LogP contribution >= 0.6 is 0 Å². The Bertz CT molecular complexity index is 195. The van der Waals surface area contributed by atoms with Crippen LogP contribution in [0.4, 0.5) is 0 Å². The SMILES string of the molecule is CCC1CC(N)(CC(=O)OC)CO1. The number of carbonyl (C=O) groups is 1. The fourth-order valence-electron chi connectivity index (χ4n) is 1.60. The first-order chi connectivity index (χ1) is 6.09. The van der Waals surface area contributed by atoms with Gasteiger partial charge in [0.15, 0.2) is 0 Å². The first-order valence-electron chi connectivity index (χ1n) is 4.57. The maximum absolute atomic E-state index is 11.0. The van der Waals surface area contributed by atoms with E-state index in [1.54, 1.807) is 0 Å². The van der Waals surface area contributed by atoms with Crippen LogP contribution in [0.5, 0.6) is 0 Å². The largest absolute Gasteiger partial charge is 0.469 e. The molecule has 1 fully saturated rings. The van der Waals surface area contributed by atoms with Crippen molar-refractivity contribution in [2.24, 2.45) is 5.73 Å². The van der Waals surface area contributed by atoms with Crippen LogP contribution < -0.4 is 5.73 Å². The van der Waals surface area contributed by atoms with Crippen LogP contribution in [0.3, 0.4) is 0 Å². The maximum atomic E-state index is 11.0. The van der Waals surface area contributed by atoms with Gasteiger partial charge in [0.25, 0.3) is 0 Å². The third kappa shape index (κ3) is 2.67. The molecule has 0 radical (unpaired) electrons. The summed E-state index contributed by atoms with van der Waals surface area (Å²) in [5, 5.41) is 0. The summed E-state index contributed by atoms with van der Waals surface area (Å²) < 4.78 is 10.0. The van der Waals surface area contributed by atoms with Gasteiger partial charge in [-0.25, -0.2) is 0 Å². The van der Waals surface area contributed by atoms with E-state index < -0.39 is 5.54 Å². The van der Waals surface area contributed by atoms with Crippen LogP contribution in [-0.4, -0.2) is 31.3 Å². The molecule has 13 heavy (non-hydrogen) atoms. The van der Waals surface area contributed by atoms with Gasteiger partial charge < -0.3 is 15.2 Å². The highest BCUT2D eigenvalue weighted by atomic mass is 16.5. The number of carbonyl (C=O) groups excluding carboxylic acids is 1. The monoisotopic (exact) mass is 187 g/mol. The average molecular weight is 187 g/mol. The molecule has 76 valence electrons. The summed E-state index contributed by atoms with van der Waals surface area (Å²) in [6, 6.07) is 0. The molecule has 2 unspecified atom stereocenters. The number of nitrogens with two attached hydrogens (primary N) is 1. The fraction of sp³-hybridized carbons (Fsp3) is 0.889. The average Bonchev–Trinajstić information content (AvgIpc) is 2.47. The molecule has 0 saturated carbocycles. The molecule has 4 heteroatoms. The lowest BCUT2D eigenvalue weighted by Crippen LogP contribution is -2.42. The highest BCUT2D eigenvalue weighted by Crippen LogP contribution is 2.26. The van der Waals surface area contributed by atoms with Crippen molar-refractivity contribution >= 4 is 5.97 Å².